The maximum Gasteiger partial charge on any atom is 0.290 e. The Hall–Kier alpha value is -2.58. The number of anilines is 2. The van der Waals surface area contributed by atoms with Gasteiger partial charge in [0.05, 0.1) is 10.6 Å². The molecule has 2 amide bonds. The lowest BCUT2D eigenvalue weighted by atomic mass is 9.74. The average Bonchev–Trinajstić information content (AvgIpc) is 3.22. The van der Waals surface area contributed by atoms with Crippen molar-refractivity contribution in [1.29, 1.82) is 0 Å². The number of fused-ring (bicyclic) bond motifs is 2. The summed E-state index contributed by atoms with van der Waals surface area (Å²) in [6.45, 7) is 2.59. The molecule has 29 heavy (non-hydrogen) atoms. The van der Waals surface area contributed by atoms with Gasteiger partial charge >= 0.3 is 0 Å². The van der Waals surface area contributed by atoms with Crippen LogP contribution in [-0.2, 0) is 10.2 Å². The zero-order valence-electron chi connectivity index (χ0n) is 15.4. The van der Waals surface area contributed by atoms with Gasteiger partial charge in [0.25, 0.3) is 11.1 Å². The Bertz CT molecular complexity index is 1050. The Balaban J connectivity index is 1.34. The molecule has 3 aliphatic rings. The molecule has 0 atom stereocenters. The van der Waals surface area contributed by atoms with Gasteiger partial charge in [-0.05, 0) is 60.5 Å². The molecule has 1 aromatic heterocycles. The van der Waals surface area contributed by atoms with Gasteiger partial charge in [-0.25, -0.2) is 9.97 Å². The molecule has 148 valence electrons. The predicted octanol–water partition coefficient (Wildman–Crippen LogP) is 3.42. The second-order valence-electron chi connectivity index (χ2n) is 7.44. The van der Waals surface area contributed by atoms with Gasteiger partial charge < -0.3 is 10.2 Å². The molecule has 0 saturated carbocycles. The van der Waals surface area contributed by atoms with Crippen LogP contribution < -0.4 is 15.5 Å². The fraction of sp³-hybridized carbons (Fsp3) is 0.300. The molecule has 2 fully saturated rings. The first-order valence-electron chi connectivity index (χ1n) is 9.39. The molecule has 9 heteroatoms. The van der Waals surface area contributed by atoms with E-state index in [4.69, 9.17) is 11.6 Å². The van der Waals surface area contributed by atoms with E-state index in [1.807, 2.05) is 6.07 Å². The summed E-state index contributed by atoms with van der Waals surface area (Å²) in [5.41, 5.74) is 3.19. The summed E-state index contributed by atoms with van der Waals surface area (Å²) in [4.78, 5) is 34.6. The first-order valence-corrected chi connectivity index (χ1v) is 10.6. The van der Waals surface area contributed by atoms with Crippen LogP contribution >= 0.6 is 23.4 Å². The smallest absolute Gasteiger partial charge is 0.290 e. The zero-order chi connectivity index (χ0) is 20.0. The van der Waals surface area contributed by atoms with Crippen molar-refractivity contribution in [3.63, 3.8) is 0 Å². The van der Waals surface area contributed by atoms with Gasteiger partial charge in [-0.1, -0.05) is 11.6 Å². The highest BCUT2D eigenvalue weighted by Gasteiger charge is 2.42. The van der Waals surface area contributed by atoms with Crippen molar-refractivity contribution in [2.24, 2.45) is 0 Å². The van der Waals surface area contributed by atoms with Gasteiger partial charge in [-0.15, -0.1) is 0 Å². The Kier molecular flexibility index (Phi) is 4.48. The number of nitrogens with one attached hydrogen (secondary N) is 2. The summed E-state index contributed by atoms with van der Waals surface area (Å²) < 4.78 is 0. The van der Waals surface area contributed by atoms with Crippen molar-refractivity contribution < 1.29 is 9.59 Å². The van der Waals surface area contributed by atoms with E-state index in [-0.39, 0.29) is 16.6 Å². The third kappa shape index (κ3) is 3.36. The number of rotatable bonds is 2. The Morgan fingerprint density at radius 3 is 2.79 bits per heavy atom. The molecular formula is C20H18ClN5O2S. The first-order chi connectivity index (χ1) is 14.0. The number of hydrogen-bond acceptors (Lipinski definition) is 7. The van der Waals surface area contributed by atoms with Gasteiger partial charge in [0, 0.05) is 42.0 Å². The molecule has 3 aliphatic heterocycles. The fourth-order valence-corrected chi connectivity index (χ4v) is 5.04. The number of carbonyl (C=O) groups excluding carboxylic acids is 2. The maximum absolute atomic E-state index is 11.8. The number of amides is 2. The highest BCUT2D eigenvalue weighted by Crippen LogP contribution is 2.45. The van der Waals surface area contributed by atoms with Crippen LogP contribution in [0.25, 0.3) is 6.08 Å². The maximum atomic E-state index is 11.8. The monoisotopic (exact) mass is 427 g/mol. The largest absolute Gasteiger partial charge is 0.384 e. The van der Waals surface area contributed by atoms with Crippen LogP contribution in [0.2, 0.25) is 5.02 Å². The molecular weight excluding hydrogens is 410 g/mol. The summed E-state index contributed by atoms with van der Waals surface area (Å²) >= 11 is 7.13. The van der Waals surface area contributed by atoms with Crippen LogP contribution in [0.4, 0.5) is 16.4 Å². The molecule has 0 aliphatic carbocycles. The summed E-state index contributed by atoms with van der Waals surface area (Å²) in [6, 6.07) is 7.80. The molecule has 1 aromatic carbocycles. The zero-order valence-corrected chi connectivity index (χ0v) is 17.0. The van der Waals surface area contributed by atoms with Crippen molar-refractivity contribution in [2.75, 3.05) is 29.9 Å². The standard InChI is InChI=1S/C20H18ClN5O2S/c21-12-1-2-15-14(9-12)20(11-23-15)4-7-26(8-5-20)18-22-6-3-13(24-18)10-16-17(27)25-19(28)29-16/h1-3,6,9-10,23H,4-5,7-8,11H2,(H,25,27,28)/b16-10-. The third-order valence-electron chi connectivity index (χ3n) is 5.76. The Labute approximate surface area is 176 Å². The van der Waals surface area contributed by atoms with E-state index < -0.39 is 0 Å². The number of benzene rings is 1. The highest BCUT2D eigenvalue weighted by atomic mass is 35.5. The van der Waals surface area contributed by atoms with Crippen molar-refractivity contribution in [3.8, 4) is 0 Å². The van der Waals surface area contributed by atoms with Gasteiger partial charge in [0.15, 0.2) is 0 Å². The van der Waals surface area contributed by atoms with Crippen LogP contribution in [-0.4, -0.2) is 40.7 Å². The van der Waals surface area contributed by atoms with Crippen molar-refractivity contribution in [2.45, 2.75) is 18.3 Å². The van der Waals surface area contributed by atoms with E-state index in [0.717, 1.165) is 49.3 Å². The number of carbonyl (C=O) groups is 2. The number of nitrogens with zero attached hydrogens (tertiary/aromatic N) is 3. The molecule has 5 rings (SSSR count). The van der Waals surface area contributed by atoms with Crippen LogP contribution in [0.1, 0.15) is 24.1 Å². The molecule has 1 spiro atoms. The van der Waals surface area contributed by atoms with Gasteiger partial charge in [0.2, 0.25) is 5.95 Å². The number of thioether (sulfide) groups is 1. The molecule has 0 bridgehead atoms. The van der Waals surface area contributed by atoms with E-state index in [0.29, 0.717) is 16.5 Å². The minimum atomic E-state index is -0.383. The lowest BCUT2D eigenvalue weighted by molar-refractivity contribution is -0.115. The number of halogens is 1. The van der Waals surface area contributed by atoms with Crippen molar-refractivity contribution in [3.05, 3.63) is 51.6 Å². The second kappa shape index (κ2) is 7.03. The number of imide groups is 1. The lowest BCUT2D eigenvalue weighted by Gasteiger charge is -2.39. The van der Waals surface area contributed by atoms with Crippen LogP contribution in [0.15, 0.2) is 35.4 Å². The minimum absolute atomic E-state index is 0.0925. The molecule has 0 unspecified atom stereocenters. The number of hydrogen-bond donors (Lipinski definition) is 2. The van der Waals surface area contributed by atoms with E-state index in [9.17, 15) is 9.59 Å². The molecule has 7 nitrogen and oxygen atoms in total. The lowest BCUT2D eigenvalue weighted by Crippen LogP contribution is -2.44. The topological polar surface area (TPSA) is 87.2 Å². The van der Waals surface area contributed by atoms with E-state index in [1.54, 1.807) is 18.3 Å². The molecule has 2 aromatic rings. The predicted molar refractivity (Wildman–Crippen MR) is 114 cm³/mol. The van der Waals surface area contributed by atoms with E-state index >= 15 is 0 Å². The number of piperidine rings is 1. The van der Waals surface area contributed by atoms with Gasteiger partial charge in [-0.3, -0.25) is 14.9 Å². The minimum Gasteiger partial charge on any atom is -0.384 e. The summed E-state index contributed by atoms with van der Waals surface area (Å²) in [7, 11) is 0. The Morgan fingerprint density at radius 2 is 2.03 bits per heavy atom. The fourth-order valence-electron chi connectivity index (χ4n) is 4.20. The highest BCUT2D eigenvalue weighted by molar-refractivity contribution is 8.18. The summed E-state index contributed by atoms with van der Waals surface area (Å²) in [5, 5.41) is 6.18. The SMILES string of the molecule is O=C1NC(=O)/C(=C/c2ccnc(N3CCC4(CC3)CNc3ccc(Cl)cc34)n2)S1. The molecule has 2 N–H and O–H groups in total. The second-order valence-corrected chi connectivity index (χ2v) is 8.90. The summed E-state index contributed by atoms with van der Waals surface area (Å²) in [5.74, 6) is 0.257. The van der Waals surface area contributed by atoms with E-state index in [2.05, 4.69) is 37.6 Å². The van der Waals surface area contributed by atoms with Gasteiger partial charge in [0.1, 0.15) is 0 Å². The Morgan fingerprint density at radius 1 is 1.21 bits per heavy atom. The first kappa shape index (κ1) is 18.4. The molecule has 0 radical (unpaired) electrons. The molecule has 4 heterocycles. The quantitative estimate of drug-likeness (QED) is 0.710. The van der Waals surface area contributed by atoms with Crippen LogP contribution in [0.3, 0.4) is 0 Å². The van der Waals surface area contributed by atoms with Gasteiger partial charge in [-0.2, -0.15) is 0 Å². The van der Waals surface area contributed by atoms with Crippen molar-refractivity contribution >= 4 is 52.2 Å². The molecule has 2 saturated heterocycles. The normalized spacial score (nSPS) is 21.4. The average molecular weight is 428 g/mol. The van der Waals surface area contributed by atoms with Crippen LogP contribution in [0.5, 0.6) is 0 Å². The summed E-state index contributed by atoms with van der Waals surface area (Å²) in [6.07, 6.45) is 5.27. The number of aromatic nitrogens is 2. The third-order valence-corrected chi connectivity index (χ3v) is 6.80. The van der Waals surface area contributed by atoms with Crippen molar-refractivity contribution in [1.82, 2.24) is 15.3 Å². The van der Waals surface area contributed by atoms with E-state index in [1.165, 1.54) is 11.3 Å². The van der Waals surface area contributed by atoms with Crippen LogP contribution in [0, 0.1) is 0 Å².